The summed E-state index contributed by atoms with van der Waals surface area (Å²) in [5.74, 6) is -0.935. The maximum absolute atomic E-state index is 9.60. The lowest BCUT2D eigenvalue weighted by molar-refractivity contribution is -0.132. The lowest BCUT2D eigenvalue weighted by atomic mass is 10.4. The van der Waals surface area contributed by atoms with Crippen molar-refractivity contribution in [2.75, 3.05) is 0 Å². The van der Waals surface area contributed by atoms with Crippen molar-refractivity contribution < 1.29 is 24.6 Å². The summed E-state index contributed by atoms with van der Waals surface area (Å²) in [4.78, 5) is 31.3. The smallest absolute Gasteiger partial charge is 0.330 e. The number of carboxylic acid groups (broad SMARTS) is 1. The van der Waals surface area contributed by atoms with E-state index in [0.29, 0.717) is 0 Å². The van der Waals surface area contributed by atoms with Gasteiger partial charge in [0.05, 0.1) is 0 Å². The quantitative estimate of drug-likeness (QED) is 0.376. The standard InChI is InChI=1S/C18H15P.C4H6O2.H3O3P/c1-4-10-16(11-5-1)19(17-12-6-2-7-13-17)18-14-8-3-9-15-18;1-3(2)4(5)6;1-4(2)3/h1-15H;1H2,2H3,(H,5,6);1-3H. The van der Waals surface area contributed by atoms with Crippen LogP contribution in [-0.4, -0.2) is 25.8 Å². The first-order chi connectivity index (χ1) is 13.8. The van der Waals surface area contributed by atoms with Gasteiger partial charge in [0.2, 0.25) is 0 Å². The molecule has 3 aromatic rings. The molecule has 0 unspecified atom stereocenters. The van der Waals surface area contributed by atoms with Gasteiger partial charge < -0.3 is 19.8 Å². The summed E-state index contributed by atoms with van der Waals surface area (Å²) in [5, 5.41) is 12.1. The van der Waals surface area contributed by atoms with Crippen LogP contribution in [0.3, 0.4) is 0 Å². The average Bonchev–Trinajstić information content (AvgIpc) is 2.71. The Morgan fingerprint density at radius 1 is 0.690 bits per heavy atom. The third kappa shape index (κ3) is 10.1. The van der Waals surface area contributed by atoms with Crippen LogP contribution < -0.4 is 15.9 Å². The van der Waals surface area contributed by atoms with Crippen LogP contribution in [0.4, 0.5) is 0 Å². The summed E-state index contributed by atoms with van der Waals surface area (Å²) in [6.07, 6.45) is 0. The zero-order valence-corrected chi connectivity index (χ0v) is 17.7. The van der Waals surface area contributed by atoms with Gasteiger partial charge in [-0.05, 0) is 30.8 Å². The van der Waals surface area contributed by atoms with E-state index in [1.807, 2.05) is 0 Å². The summed E-state index contributed by atoms with van der Waals surface area (Å²) in [6, 6.07) is 32.3. The zero-order valence-electron chi connectivity index (χ0n) is 16.0. The monoisotopic (exact) mass is 430 g/mol. The van der Waals surface area contributed by atoms with Crippen molar-refractivity contribution in [3.63, 3.8) is 0 Å². The van der Waals surface area contributed by atoms with Crippen molar-refractivity contribution in [3.8, 4) is 0 Å². The largest absolute Gasteiger partial charge is 0.478 e. The molecule has 0 aliphatic carbocycles. The molecule has 0 atom stereocenters. The summed E-state index contributed by atoms with van der Waals surface area (Å²) in [6.45, 7) is 4.60. The van der Waals surface area contributed by atoms with Gasteiger partial charge in [-0.3, -0.25) is 0 Å². The van der Waals surface area contributed by atoms with Crippen LogP contribution in [0.1, 0.15) is 6.92 Å². The fourth-order valence-electron chi connectivity index (χ4n) is 2.18. The maximum Gasteiger partial charge on any atom is 0.330 e. The van der Waals surface area contributed by atoms with Crippen LogP contribution in [0.25, 0.3) is 0 Å². The van der Waals surface area contributed by atoms with Gasteiger partial charge >= 0.3 is 14.6 Å². The fraction of sp³-hybridized carbons (Fsp3) is 0.0455. The van der Waals surface area contributed by atoms with Crippen molar-refractivity contribution in [2.24, 2.45) is 0 Å². The van der Waals surface area contributed by atoms with Crippen LogP contribution in [0, 0.1) is 0 Å². The molecule has 0 saturated heterocycles. The molecular formula is C22H24O5P2. The van der Waals surface area contributed by atoms with Crippen LogP contribution in [0.15, 0.2) is 103 Å². The number of hydrogen-bond donors (Lipinski definition) is 4. The van der Waals surface area contributed by atoms with Crippen LogP contribution in [-0.2, 0) is 4.79 Å². The predicted octanol–water partition coefficient (Wildman–Crippen LogP) is 3.28. The molecule has 3 rings (SSSR count). The molecule has 0 aromatic heterocycles. The van der Waals surface area contributed by atoms with E-state index >= 15 is 0 Å². The van der Waals surface area contributed by atoms with Gasteiger partial charge in [-0.2, -0.15) is 0 Å². The Balaban J connectivity index is 0.000000353. The molecule has 0 amide bonds. The van der Waals surface area contributed by atoms with E-state index in [0.717, 1.165) is 0 Å². The molecule has 0 fully saturated rings. The molecule has 152 valence electrons. The Hall–Kier alpha value is -2.39. The van der Waals surface area contributed by atoms with Crippen LogP contribution >= 0.6 is 16.5 Å². The van der Waals surface area contributed by atoms with Crippen molar-refractivity contribution in [1.29, 1.82) is 0 Å². The SMILES string of the molecule is C=C(C)C(=O)O.OP(O)O.c1ccc(P(c2ccccc2)c2ccccc2)cc1. The van der Waals surface area contributed by atoms with Gasteiger partial charge in [-0.15, -0.1) is 0 Å². The second-order valence-corrected chi connectivity index (χ2v) is 8.45. The molecule has 0 aliphatic heterocycles. The van der Waals surface area contributed by atoms with Crippen molar-refractivity contribution in [1.82, 2.24) is 0 Å². The molecule has 3 aromatic carbocycles. The highest BCUT2D eigenvalue weighted by Crippen LogP contribution is 2.32. The summed E-state index contributed by atoms with van der Waals surface area (Å²) < 4.78 is 0. The molecule has 0 aliphatic rings. The third-order valence-corrected chi connectivity index (χ3v) is 5.85. The summed E-state index contributed by atoms with van der Waals surface area (Å²) in [5.41, 5.74) is 0.176. The first-order valence-electron chi connectivity index (χ1n) is 8.53. The Labute approximate surface area is 173 Å². The Morgan fingerprint density at radius 3 is 1.07 bits per heavy atom. The number of carbonyl (C=O) groups is 1. The topological polar surface area (TPSA) is 98.0 Å². The van der Waals surface area contributed by atoms with E-state index < -0.39 is 22.5 Å². The number of hydrogen-bond acceptors (Lipinski definition) is 4. The molecule has 0 saturated carbocycles. The van der Waals surface area contributed by atoms with E-state index in [4.69, 9.17) is 19.8 Å². The van der Waals surface area contributed by atoms with E-state index in [2.05, 4.69) is 97.6 Å². The number of benzene rings is 3. The second-order valence-electron chi connectivity index (χ2n) is 5.70. The summed E-state index contributed by atoms with van der Waals surface area (Å²) in [7, 11) is -3.07. The Morgan fingerprint density at radius 2 is 0.897 bits per heavy atom. The lowest BCUT2D eigenvalue weighted by Crippen LogP contribution is -2.20. The van der Waals surface area contributed by atoms with Gasteiger partial charge in [0.15, 0.2) is 0 Å². The van der Waals surface area contributed by atoms with Gasteiger partial charge in [0, 0.05) is 5.57 Å². The molecule has 29 heavy (non-hydrogen) atoms. The highest BCUT2D eigenvalue weighted by molar-refractivity contribution is 7.79. The predicted molar refractivity (Wildman–Crippen MR) is 121 cm³/mol. The van der Waals surface area contributed by atoms with Gasteiger partial charge in [0.25, 0.3) is 0 Å². The molecule has 7 heteroatoms. The van der Waals surface area contributed by atoms with Gasteiger partial charge in [-0.1, -0.05) is 97.6 Å². The highest BCUT2D eigenvalue weighted by Gasteiger charge is 2.14. The molecule has 0 bridgehead atoms. The minimum absolute atomic E-state index is 0.176. The number of rotatable bonds is 4. The second kappa shape index (κ2) is 13.7. The zero-order chi connectivity index (χ0) is 21.6. The lowest BCUT2D eigenvalue weighted by Gasteiger charge is -2.18. The van der Waals surface area contributed by atoms with Crippen LogP contribution in [0.5, 0.6) is 0 Å². The van der Waals surface area contributed by atoms with Gasteiger partial charge in [0.1, 0.15) is 0 Å². The van der Waals surface area contributed by atoms with Crippen LogP contribution in [0.2, 0.25) is 0 Å². The van der Waals surface area contributed by atoms with Gasteiger partial charge in [-0.25, -0.2) is 4.79 Å². The molecule has 0 heterocycles. The minimum Gasteiger partial charge on any atom is -0.478 e. The normalized spacial score (nSPS) is 9.72. The van der Waals surface area contributed by atoms with E-state index in [1.165, 1.54) is 22.8 Å². The number of carboxylic acids is 1. The molecule has 0 radical (unpaired) electrons. The number of aliphatic carboxylic acids is 1. The first-order valence-corrected chi connectivity index (χ1v) is 11.1. The van der Waals surface area contributed by atoms with E-state index in [-0.39, 0.29) is 5.57 Å². The van der Waals surface area contributed by atoms with Crippen molar-refractivity contribution in [2.45, 2.75) is 6.92 Å². The van der Waals surface area contributed by atoms with E-state index in [9.17, 15) is 4.79 Å². The maximum atomic E-state index is 9.60. The Kier molecular flexibility index (Phi) is 11.7. The van der Waals surface area contributed by atoms with Crippen molar-refractivity contribution in [3.05, 3.63) is 103 Å². The average molecular weight is 430 g/mol. The molecular weight excluding hydrogens is 406 g/mol. The van der Waals surface area contributed by atoms with E-state index in [1.54, 1.807) is 0 Å². The fourth-order valence-corrected chi connectivity index (χ4v) is 4.48. The first kappa shape index (κ1) is 24.6. The summed E-state index contributed by atoms with van der Waals surface area (Å²) >= 11 is 0. The minimum atomic E-state index is -2.62. The molecule has 4 N–H and O–H groups in total. The Bertz CT molecular complexity index is 747. The third-order valence-electron chi connectivity index (χ3n) is 3.41. The van der Waals surface area contributed by atoms with Crippen molar-refractivity contribution >= 4 is 38.4 Å². The highest BCUT2D eigenvalue weighted by atomic mass is 31.2. The molecule has 0 spiro atoms. The molecule has 5 nitrogen and oxygen atoms in total.